The first-order valence-corrected chi connectivity index (χ1v) is 11.4. The molecule has 0 bridgehead atoms. The summed E-state index contributed by atoms with van der Waals surface area (Å²) in [5, 5.41) is 1.38. The Morgan fingerprint density at radius 2 is 0.758 bits per heavy atom. The summed E-state index contributed by atoms with van der Waals surface area (Å²) in [5.41, 5.74) is 6.25. The molecule has 0 spiro atoms. The van der Waals surface area contributed by atoms with Crippen LogP contribution in [0, 0.1) is 0 Å². The molecule has 0 aromatic heterocycles. The van der Waals surface area contributed by atoms with Crippen LogP contribution in [0.4, 0.5) is 0 Å². The van der Waals surface area contributed by atoms with Crippen LogP contribution in [0.5, 0.6) is 0 Å². The molecule has 0 aliphatic rings. The lowest BCUT2D eigenvalue weighted by molar-refractivity contribution is 0.0308. The summed E-state index contributed by atoms with van der Waals surface area (Å²) >= 11 is 12.3. The summed E-state index contributed by atoms with van der Waals surface area (Å²) in [6.45, 7) is 7.72. The van der Waals surface area contributed by atoms with Gasteiger partial charge in [0.1, 0.15) is 12.2 Å². The minimum atomic E-state index is -0.305. The van der Waals surface area contributed by atoms with Gasteiger partial charge in [0.25, 0.3) is 0 Å². The minimum absolute atomic E-state index is 0.305. The van der Waals surface area contributed by atoms with Crippen molar-refractivity contribution >= 4 is 35.4 Å². The number of hydrogen-bond donors (Lipinski definition) is 0. The molecule has 3 heteroatoms. The zero-order valence-corrected chi connectivity index (χ0v) is 19.6. The van der Waals surface area contributed by atoms with E-state index < -0.39 is 0 Å². The van der Waals surface area contributed by atoms with Crippen molar-refractivity contribution in [1.29, 1.82) is 0 Å². The Morgan fingerprint density at radius 3 is 1.03 bits per heavy atom. The van der Waals surface area contributed by atoms with E-state index in [4.69, 9.17) is 27.9 Å². The number of ether oxygens (including phenoxy) is 1. The topological polar surface area (TPSA) is 9.23 Å². The fraction of sp³-hybridized carbons (Fsp3) is 0.0667. The Hall–Kier alpha value is -3.10. The van der Waals surface area contributed by atoms with Crippen molar-refractivity contribution in [3.05, 3.63) is 154 Å². The van der Waals surface area contributed by atoms with Crippen LogP contribution in [0.25, 0.3) is 12.2 Å². The summed E-state index contributed by atoms with van der Waals surface area (Å²) in [6, 6.07) is 32.1. The highest BCUT2D eigenvalue weighted by atomic mass is 35.5. The predicted molar refractivity (Wildman–Crippen MR) is 141 cm³/mol. The third-order valence-electron chi connectivity index (χ3n) is 5.57. The van der Waals surface area contributed by atoms with Crippen molar-refractivity contribution in [3.63, 3.8) is 0 Å². The summed E-state index contributed by atoms with van der Waals surface area (Å²) in [5.74, 6) is 0. The van der Waals surface area contributed by atoms with E-state index in [9.17, 15) is 0 Å². The van der Waals surface area contributed by atoms with E-state index in [2.05, 4.69) is 37.4 Å². The standard InChI is InChI=1S/C30H24Cl2O/c1-3-21-5-9-23(10-6-21)29(25-13-17-27(31)18-14-25)33-30(26-15-19-28(32)20-16-26)24-11-7-22(4-2)8-12-24/h3-20,29-30H,1-2H2. The number of halogens is 2. The Morgan fingerprint density at radius 1 is 0.485 bits per heavy atom. The minimum Gasteiger partial charge on any atom is -0.356 e. The first-order chi connectivity index (χ1) is 16.1. The Bertz CT molecular complexity index is 1110. The smallest absolute Gasteiger partial charge is 0.109 e. The fourth-order valence-electron chi connectivity index (χ4n) is 3.72. The van der Waals surface area contributed by atoms with Crippen LogP contribution < -0.4 is 0 Å². The van der Waals surface area contributed by atoms with Crippen molar-refractivity contribution in [2.75, 3.05) is 0 Å². The average Bonchev–Trinajstić information content (AvgIpc) is 2.86. The molecule has 0 aliphatic heterocycles. The summed E-state index contributed by atoms with van der Waals surface area (Å²) in [4.78, 5) is 0. The molecular formula is C30H24Cl2O. The van der Waals surface area contributed by atoms with E-state index in [1.54, 1.807) is 0 Å². The van der Waals surface area contributed by atoms with Gasteiger partial charge in [0.2, 0.25) is 0 Å². The van der Waals surface area contributed by atoms with Gasteiger partial charge in [0.15, 0.2) is 0 Å². The zero-order valence-electron chi connectivity index (χ0n) is 18.1. The van der Waals surface area contributed by atoms with Crippen molar-refractivity contribution in [3.8, 4) is 0 Å². The third-order valence-corrected chi connectivity index (χ3v) is 6.07. The molecule has 33 heavy (non-hydrogen) atoms. The quantitative estimate of drug-likeness (QED) is 0.249. The molecule has 2 unspecified atom stereocenters. The molecule has 0 radical (unpaired) electrons. The van der Waals surface area contributed by atoms with Crippen molar-refractivity contribution in [2.24, 2.45) is 0 Å². The SMILES string of the molecule is C=Cc1ccc(C(OC(c2ccc(Cl)cc2)c2ccc(C=C)cc2)c2ccc(Cl)cc2)cc1. The first-order valence-electron chi connectivity index (χ1n) is 10.7. The highest BCUT2D eigenvalue weighted by Gasteiger charge is 2.23. The molecule has 0 aliphatic carbocycles. The van der Waals surface area contributed by atoms with Crippen molar-refractivity contribution in [1.82, 2.24) is 0 Å². The number of benzene rings is 4. The highest BCUT2D eigenvalue weighted by Crippen LogP contribution is 2.37. The fourth-order valence-corrected chi connectivity index (χ4v) is 3.98. The van der Waals surface area contributed by atoms with Crippen LogP contribution in [-0.4, -0.2) is 0 Å². The Balaban J connectivity index is 1.79. The largest absolute Gasteiger partial charge is 0.356 e. The predicted octanol–water partition coefficient (Wildman–Crippen LogP) is 9.17. The zero-order chi connectivity index (χ0) is 23.2. The van der Waals surface area contributed by atoms with E-state index in [-0.39, 0.29) is 12.2 Å². The molecule has 0 saturated heterocycles. The van der Waals surface area contributed by atoms with Gasteiger partial charge in [-0.15, -0.1) is 0 Å². The second-order valence-corrected chi connectivity index (χ2v) is 8.61. The number of rotatable bonds is 8. The molecule has 2 atom stereocenters. The Kier molecular flexibility index (Phi) is 7.47. The van der Waals surface area contributed by atoms with Crippen LogP contribution in [0.1, 0.15) is 45.6 Å². The molecule has 0 N–H and O–H groups in total. The highest BCUT2D eigenvalue weighted by molar-refractivity contribution is 6.30. The van der Waals surface area contributed by atoms with E-state index in [1.807, 2.05) is 84.9 Å². The molecular weight excluding hydrogens is 447 g/mol. The van der Waals surface area contributed by atoms with E-state index >= 15 is 0 Å². The van der Waals surface area contributed by atoms with Gasteiger partial charge in [-0.05, 0) is 57.6 Å². The van der Waals surface area contributed by atoms with Gasteiger partial charge < -0.3 is 4.74 Å². The normalized spacial score (nSPS) is 12.7. The molecule has 4 rings (SSSR count). The average molecular weight is 471 g/mol. The maximum atomic E-state index is 6.88. The molecule has 4 aromatic rings. The molecule has 1 nitrogen and oxygen atoms in total. The molecule has 0 fully saturated rings. The van der Waals surface area contributed by atoms with Gasteiger partial charge >= 0.3 is 0 Å². The molecule has 0 saturated carbocycles. The van der Waals surface area contributed by atoms with Gasteiger partial charge in [0.05, 0.1) is 0 Å². The summed E-state index contributed by atoms with van der Waals surface area (Å²) in [7, 11) is 0. The van der Waals surface area contributed by atoms with E-state index in [1.165, 1.54) is 0 Å². The maximum absolute atomic E-state index is 6.88. The monoisotopic (exact) mass is 470 g/mol. The molecule has 164 valence electrons. The Labute approximate surface area is 205 Å². The van der Waals surface area contributed by atoms with Gasteiger partial charge in [-0.3, -0.25) is 0 Å². The van der Waals surface area contributed by atoms with Crippen molar-refractivity contribution in [2.45, 2.75) is 12.2 Å². The lowest BCUT2D eigenvalue weighted by Crippen LogP contribution is -2.13. The second kappa shape index (κ2) is 10.7. The first kappa shape index (κ1) is 23.1. The van der Waals surface area contributed by atoms with Crippen molar-refractivity contribution < 1.29 is 4.74 Å². The van der Waals surface area contributed by atoms with Gasteiger partial charge in [-0.1, -0.05) is 121 Å². The molecule has 0 amide bonds. The van der Waals surface area contributed by atoms with Crippen LogP contribution in [-0.2, 0) is 4.74 Å². The molecule has 0 heterocycles. The van der Waals surface area contributed by atoms with Crippen LogP contribution in [0.2, 0.25) is 10.0 Å². The molecule has 4 aromatic carbocycles. The number of hydrogen-bond acceptors (Lipinski definition) is 1. The lowest BCUT2D eigenvalue weighted by Gasteiger charge is -2.27. The summed E-state index contributed by atoms with van der Waals surface area (Å²) < 4.78 is 6.88. The van der Waals surface area contributed by atoms with E-state index in [0.29, 0.717) is 10.0 Å². The van der Waals surface area contributed by atoms with Crippen LogP contribution in [0.15, 0.2) is 110 Å². The van der Waals surface area contributed by atoms with Gasteiger partial charge in [0, 0.05) is 10.0 Å². The second-order valence-electron chi connectivity index (χ2n) is 7.74. The lowest BCUT2D eigenvalue weighted by atomic mass is 9.97. The van der Waals surface area contributed by atoms with E-state index in [0.717, 1.165) is 33.4 Å². The van der Waals surface area contributed by atoms with Crippen LogP contribution >= 0.6 is 23.2 Å². The summed E-state index contributed by atoms with van der Waals surface area (Å²) in [6.07, 6.45) is 3.06. The van der Waals surface area contributed by atoms with Gasteiger partial charge in [-0.2, -0.15) is 0 Å². The maximum Gasteiger partial charge on any atom is 0.109 e. The van der Waals surface area contributed by atoms with Gasteiger partial charge in [-0.25, -0.2) is 0 Å². The third kappa shape index (κ3) is 5.64. The van der Waals surface area contributed by atoms with Crippen LogP contribution in [0.3, 0.4) is 0 Å².